The van der Waals surface area contributed by atoms with Crippen molar-refractivity contribution in [2.45, 2.75) is 38.8 Å². The van der Waals surface area contributed by atoms with Gasteiger partial charge in [-0.1, -0.05) is 37.3 Å². The molecule has 0 spiro atoms. The lowest BCUT2D eigenvalue weighted by Gasteiger charge is -2.42. The summed E-state index contributed by atoms with van der Waals surface area (Å²) in [6.07, 6.45) is 2.95. The number of hydrogen-bond acceptors (Lipinski definition) is 9. The molecule has 0 saturated carbocycles. The highest BCUT2D eigenvalue weighted by Crippen LogP contribution is 2.27. The van der Waals surface area contributed by atoms with E-state index in [1.54, 1.807) is 0 Å². The molecule has 3 heterocycles. The molecule has 5 rings (SSSR count). The fourth-order valence-electron chi connectivity index (χ4n) is 5.68. The first kappa shape index (κ1) is 29.8. The second kappa shape index (κ2) is 14.4. The first-order valence-corrected chi connectivity index (χ1v) is 15.1. The van der Waals surface area contributed by atoms with E-state index >= 15 is 0 Å². The molecule has 0 atom stereocenters. The standard InChI is InChI=1S/C32H44N8O2/c1-3-28-32(42-22-15-34-23-24-7-5-4-6-8-24)37-31(29(36-28)30(33)41)35-25-9-11-26(12-10-25)39-16-13-27(14-17-39)40-20-18-38(2)19-21-40/h4-12,27,34H,3,13-23H2,1-2H3,(H2,33,41)(H,35,37). The van der Waals surface area contributed by atoms with Gasteiger partial charge in [0.25, 0.3) is 5.91 Å². The highest BCUT2D eigenvalue weighted by atomic mass is 16.5. The molecule has 42 heavy (non-hydrogen) atoms. The molecule has 2 aromatic carbocycles. The number of piperazine rings is 1. The largest absolute Gasteiger partial charge is 0.475 e. The molecule has 224 valence electrons. The minimum absolute atomic E-state index is 0.108. The number of rotatable bonds is 12. The molecule has 1 aromatic heterocycles. The van der Waals surface area contributed by atoms with Crippen LogP contribution in [0.2, 0.25) is 0 Å². The maximum atomic E-state index is 12.3. The van der Waals surface area contributed by atoms with Crippen LogP contribution < -0.4 is 26.0 Å². The smallest absolute Gasteiger partial charge is 0.271 e. The Hall–Kier alpha value is -3.73. The van der Waals surface area contributed by atoms with Crippen LogP contribution in [0.4, 0.5) is 17.2 Å². The number of likely N-dealkylation sites (N-methyl/N-ethyl adjacent to an activating group) is 1. The molecular weight excluding hydrogens is 528 g/mol. The number of primary amides is 1. The molecule has 2 aliphatic rings. The molecule has 0 aliphatic carbocycles. The molecule has 2 fully saturated rings. The zero-order valence-corrected chi connectivity index (χ0v) is 24.9. The second-order valence-electron chi connectivity index (χ2n) is 11.1. The van der Waals surface area contributed by atoms with E-state index in [1.807, 2.05) is 37.3 Å². The number of amides is 1. The van der Waals surface area contributed by atoms with Crippen LogP contribution in [0, 0.1) is 0 Å². The van der Waals surface area contributed by atoms with Crippen molar-refractivity contribution < 1.29 is 9.53 Å². The number of piperidine rings is 1. The van der Waals surface area contributed by atoms with Gasteiger partial charge in [-0.05, 0) is 56.1 Å². The van der Waals surface area contributed by atoms with Crippen molar-refractivity contribution in [1.29, 1.82) is 0 Å². The number of carbonyl (C=O) groups is 1. The van der Waals surface area contributed by atoms with Crippen LogP contribution >= 0.6 is 0 Å². The lowest BCUT2D eigenvalue weighted by molar-refractivity contribution is 0.0982. The fourth-order valence-corrected chi connectivity index (χ4v) is 5.68. The van der Waals surface area contributed by atoms with Crippen molar-refractivity contribution in [3.8, 4) is 5.88 Å². The highest BCUT2D eigenvalue weighted by Gasteiger charge is 2.27. The lowest BCUT2D eigenvalue weighted by atomic mass is 10.0. The van der Waals surface area contributed by atoms with E-state index in [2.05, 4.69) is 66.6 Å². The molecule has 1 amide bonds. The Morgan fingerprint density at radius 1 is 0.976 bits per heavy atom. The summed E-state index contributed by atoms with van der Waals surface area (Å²) < 4.78 is 5.99. The zero-order chi connectivity index (χ0) is 29.3. The summed E-state index contributed by atoms with van der Waals surface area (Å²) in [5.74, 6) is 0.0784. The number of nitrogens with zero attached hydrogens (tertiary/aromatic N) is 5. The summed E-state index contributed by atoms with van der Waals surface area (Å²) >= 11 is 0. The van der Waals surface area contributed by atoms with Gasteiger partial charge in [0.05, 0.1) is 0 Å². The number of benzene rings is 2. The number of nitrogens with two attached hydrogens (primary N) is 1. The average molecular weight is 573 g/mol. The van der Waals surface area contributed by atoms with Gasteiger partial charge in [0.1, 0.15) is 12.3 Å². The van der Waals surface area contributed by atoms with E-state index in [9.17, 15) is 4.79 Å². The van der Waals surface area contributed by atoms with Crippen molar-refractivity contribution in [2.24, 2.45) is 5.73 Å². The Balaban J connectivity index is 1.18. The number of ether oxygens (including phenoxy) is 1. The van der Waals surface area contributed by atoms with Crippen LogP contribution in [0.1, 0.15) is 41.5 Å². The number of aromatic nitrogens is 2. The zero-order valence-electron chi connectivity index (χ0n) is 24.9. The van der Waals surface area contributed by atoms with Crippen LogP contribution in [-0.4, -0.2) is 91.2 Å². The monoisotopic (exact) mass is 572 g/mol. The van der Waals surface area contributed by atoms with Crippen LogP contribution in [-0.2, 0) is 13.0 Å². The lowest BCUT2D eigenvalue weighted by Crippen LogP contribution is -2.52. The SMILES string of the molecule is CCc1nc(C(N)=O)c(Nc2ccc(N3CCC(N4CCN(C)CC4)CC3)cc2)nc1OCCNCc1ccccc1. The summed E-state index contributed by atoms with van der Waals surface area (Å²) in [5, 5.41) is 6.63. The minimum Gasteiger partial charge on any atom is -0.475 e. The van der Waals surface area contributed by atoms with Gasteiger partial charge < -0.3 is 30.9 Å². The van der Waals surface area contributed by atoms with Gasteiger partial charge >= 0.3 is 0 Å². The Morgan fingerprint density at radius 2 is 1.69 bits per heavy atom. The second-order valence-corrected chi connectivity index (χ2v) is 11.1. The summed E-state index contributed by atoms with van der Waals surface area (Å²) in [6, 6.07) is 19.2. The Kier molecular flexibility index (Phi) is 10.2. The Morgan fingerprint density at radius 3 is 2.36 bits per heavy atom. The van der Waals surface area contributed by atoms with Crippen molar-refractivity contribution in [1.82, 2.24) is 25.1 Å². The van der Waals surface area contributed by atoms with Gasteiger partial charge in [-0.3, -0.25) is 9.69 Å². The molecule has 3 aromatic rings. The van der Waals surface area contributed by atoms with Gasteiger partial charge in [-0.15, -0.1) is 0 Å². The van der Waals surface area contributed by atoms with Crippen molar-refractivity contribution in [2.75, 3.05) is 69.7 Å². The van der Waals surface area contributed by atoms with E-state index < -0.39 is 5.91 Å². The predicted octanol–water partition coefficient (Wildman–Crippen LogP) is 3.27. The number of anilines is 3. The van der Waals surface area contributed by atoms with Crippen LogP contribution in [0.15, 0.2) is 54.6 Å². The van der Waals surface area contributed by atoms with E-state index in [4.69, 9.17) is 10.5 Å². The molecule has 10 heteroatoms. The van der Waals surface area contributed by atoms with E-state index in [0.29, 0.717) is 43.0 Å². The number of carbonyl (C=O) groups excluding carboxylic acids is 1. The summed E-state index contributed by atoms with van der Waals surface area (Å²) in [7, 11) is 2.21. The van der Waals surface area contributed by atoms with E-state index in [-0.39, 0.29) is 5.69 Å². The molecule has 0 bridgehead atoms. The topological polar surface area (TPSA) is 112 Å². The molecule has 0 radical (unpaired) electrons. The molecule has 4 N–H and O–H groups in total. The van der Waals surface area contributed by atoms with Gasteiger partial charge in [0.15, 0.2) is 11.5 Å². The van der Waals surface area contributed by atoms with E-state index in [1.165, 1.54) is 37.2 Å². The van der Waals surface area contributed by atoms with Crippen molar-refractivity contribution in [3.05, 3.63) is 71.5 Å². The molecule has 2 aliphatic heterocycles. The Bertz CT molecular complexity index is 1290. The third-order valence-corrected chi connectivity index (χ3v) is 8.20. The van der Waals surface area contributed by atoms with Crippen LogP contribution in [0.5, 0.6) is 5.88 Å². The van der Waals surface area contributed by atoms with Gasteiger partial charge in [-0.2, -0.15) is 4.98 Å². The maximum Gasteiger partial charge on any atom is 0.271 e. The Labute approximate surface area is 249 Å². The van der Waals surface area contributed by atoms with E-state index in [0.717, 1.165) is 38.4 Å². The number of nitrogens with one attached hydrogen (secondary N) is 2. The third-order valence-electron chi connectivity index (χ3n) is 8.20. The quantitative estimate of drug-likeness (QED) is 0.282. The maximum absolute atomic E-state index is 12.3. The normalized spacial score (nSPS) is 16.9. The average Bonchev–Trinajstić information content (AvgIpc) is 3.02. The third kappa shape index (κ3) is 7.76. The van der Waals surface area contributed by atoms with Crippen molar-refractivity contribution >= 4 is 23.1 Å². The number of aryl methyl sites for hydroxylation is 1. The van der Waals surface area contributed by atoms with Gasteiger partial charge in [-0.25, -0.2) is 4.98 Å². The predicted molar refractivity (Wildman–Crippen MR) is 168 cm³/mol. The molecule has 10 nitrogen and oxygen atoms in total. The number of hydrogen-bond donors (Lipinski definition) is 3. The minimum atomic E-state index is -0.629. The van der Waals surface area contributed by atoms with Crippen LogP contribution in [0.3, 0.4) is 0 Å². The first-order valence-electron chi connectivity index (χ1n) is 15.1. The van der Waals surface area contributed by atoms with Gasteiger partial charge in [0.2, 0.25) is 5.88 Å². The first-order chi connectivity index (χ1) is 20.5. The molecule has 2 saturated heterocycles. The van der Waals surface area contributed by atoms with Crippen molar-refractivity contribution in [3.63, 3.8) is 0 Å². The summed E-state index contributed by atoms with van der Waals surface area (Å²) in [5.41, 5.74) is 9.62. The van der Waals surface area contributed by atoms with Gasteiger partial charge in [0, 0.05) is 69.8 Å². The highest BCUT2D eigenvalue weighted by molar-refractivity contribution is 5.96. The summed E-state index contributed by atoms with van der Waals surface area (Å²) in [4.78, 5) is 29.0. The molecular formula is C32H44N8O2. The fraction of sp³-hybridized carbons (Fsp3) is 0.469. The van der Waals surface area contributed by atoms with Crippen LogP contribution in [0.25, 0.3) is 0 Å². The molecule has 0 unspecified atom stereocenters. The summed E-state index contributed by atoms with van der Waals surface area (Å²) in [6.45, 7) is 10.6.